The van der Waals surface area contributed by atoms with Crippen LogP contribution >= 0.6 is 0 Å². The Morgan fingerprint density at radius 2 is 1.35 bits per heavy atom. The van der Waals surface area contributed by atoms with Crippen LogP contribution in [0.4, 0.5) is 0 Å². The van der Waals surface area contributed by atoms with Crippen molar-refractivity contribution in [1.29, 1.82) is 0 Å². The van der Waals surface area contributed by atoms with Crippen LogP contribution in [0.5, 0.6) is 0 Å². The van der Waals surface area contributed by atoms with Crippen LogP contribution in [0.3, 0.4) is 0 Å². The van der Waals surface area contributed by atoms with Crippen LogP contribution in [0.15, 0.2) is 0 Å². The fourth-order valence-corrected chi connectivity index (χ4v) is 6.25. The van der Waals surface area contributed by atoms with E-state index in [9.17, 15) is 0 Å². The number of hydrogen-bond donors (Lipinski definition) is 0. The third-order valence-corrected chi connectivity index (χ3v) is 7.79. The normalized spacial score (nSPS) is 11.8. The molecule has 0 amide bonds. The zero-order chi connectivity index (χ0) is 13.1. The number of hydrogen-bond acceptors (Lipinski definition) is 1. The first kappa shape index (κ1) is 17.6. The van der Waals surface area contributed by atoms with E-state index >= 15 is 0 Å². The SMILES string of the molecule is CCCC[CH2][GaH][CH2]CCCN(C(C)C)C(C)C. The van der Waals surface area contributed by atoms with Gasteiger partial charge in [0, 0.05) is 0 Å². The molecule has 102 valence electrons. The molecule has 0 bridgehead atoms. The third kappa shape index (κ3) is 10.2. The summed E-state index contributed by atoms with van der Waals surface area (Å²) in [6.45, 7) is 12.9. The van der Waals surface area contributed by atoms with Gasteiger partial charge < -0.3 is 0 Å². The van der Waals surface area contributed by atoms with Gasteiger partial charge in [0.2, 0.25) is 0 Å². The first-order chi connectivity index (χ1) is 8.09. The van der Waals surface area contributed by atoms with Crippen LogP contribution in [0.25, 0.3) is 0 Å². The van der Waals surface area contributed by atoms with Crippen LogP contribution in [-0.4, -0.2) is 40.9 Å². The average molecular weight is 298 g/mol. The summed E-state index contributed by atoms with van der Waals surface area (Å²) < 4.78 is 0. The Morgan fingerprint density at radius 3 is 1.82 bits per heavy atom. The van der Waals surface area contributed by atoms with E-state index in [1.807, 2.05) is 0 Å². The van der Waals surface area contributed by atoms with Gasteiger partial charge in [0.05, 0.1) is 0 Å². The molecule has 0 aliphatic carbocycles. The average Bonchev–Trinajstić information content (AvgIpc) is 2.26. The molecule has 0 N–H and O–H groups in total. The van der Waals surface area contributed by atoms with Gasteiger partial charge in [-0.3, -0.25) is 0 Å². The molecule has 0 heterocycles. The summed E-state index contributed by atoms with van der Waals surface area (Å²) in [6, 6.07) is 1.42. The van der Waals surface area contributed by atoms with Crippen LogP contribution in [0.2, 0.25) is 9.95 Å². The molecular formula is C15H34GaN. The molecule has 0 aromatic carbocycles. The Bertz CT molecular complexity index is 149. The van der Waals surface area contributed by atoms with Gasteiger partial charge in [-0.25, -0.2) is 0 Å². The van der Waals surface area contributed by atoms with Crippen molar-refractivity contribution < 1.29 is 0 Å². The van der Waals surface area contributed by atoms with Crippen LogP contribution in [0, 0.1) is 0 Å². The summed E-state index contributed by atoms with van der Waals surface area (Å²) in [7, 11) is 0. The topological polar surface area (TPSA) is 3.24 Å². The van der Waals surface area contributed by atoms with Crippen LogP contribution in [0.1, 0.15) is 66.7 Å². The molecule has 1 nitrogen and oxygen atoms in total. The summed E-state index contributed by atoms with van der Waals surface area (Å²) in [4.78, 5) is 5.89. The zero-order valence-corrected chi connectivity index (χ0v) is 15.9. The van der Waals surface area contributed by atoms with E-state index in [4.69, 9.17) is 0 Å². The third-order valence-electron chi connectivity index (χ3n) is 3.60. The van der Waals surface area contributed by atoms with Gasteiger partial charge in [0.25, 0.3) is 0 Å². The van der Waals surface area contributed by atoms with Crippen molar-refractivity contribution in [3.63, 3.8) is 0 Å². The molecule has 0 saturated heterocycles. The molecule has 0 aromatic heterocycles. The predicted octanol–water partition coefficient (Wildman–Crippen LogP) is 4.35. The summed E-state index contributed by atoms with van der Waals surface area (Å²) in [6.07, 6.45) is 7.32. The fourth-order valence-electron chi connectivity index (χ4n) is 2.54. The van der Waals surface area contributed by atoms with Crippen molar-refractivity contribution in [3.05, 3.63) is 0 Å². The van der Waals surface area contributed by atoms with Crippen LogP contribution < -0.4 is 0 Å². The van der Waals surface area contributed by atoms with Gasteiger partial charge in [-0.1, -0.05) is 0 Å². The van der Waals surface area contributed by atoms with Crippen molar-refractivity contribution in [2.24, 2.45) is 0 Å². The Hall–Kier alpha value is 0.596. The molecule has 0 aliphatic heterocycles. The van der Waals surface area contributed by atoms with Gasteiger partial charge in [-0.05, 0) is 0 Å². The van der Waals surface area contributed by atoms with Gasteiger partial charge >= 0.3 is 118 Å². The standard InChI is InChI=1S/C10H22N.C5H11.Ga.H/c1-6-7-8-11(9(2)3)10(4)5;1-3-5-4-2;;/h9-10H,1,6-8H2,2-5H3;1,3-5H2,2H3;;. The fraction of sp³-hybridized carbons (Fsp3) is 1.00. The van der Waals surface area contributed by atoms with E-state index in [2.05, 4.69) is 39.5 Å². The Labute approximate surface area is 118 Å². The van der Waals surface area contributed by atoms with Gasteiger partial charge in [-0.15, -0.1) is 0 Å². The van der Waals surface area contributed by atoms with E-state index in [0.717, 1.165) is 0 Å². The molecule has 0 unspecified atom stereocenters. The van der Waals surface area contributed by atoms with Crippen molar-refractivity contribution >= 4 is 17.4 Å². The molecular weight excluding hydrogens is 264 g/mol. The molecule has 0 fully saturated rings. The minimum absolute atomic E-state index is 0.117. The summed E-state index contributed by atoms with van der Waals surface area (Å²) in [5.74, 6) is 0. The van der Waals surface area contributed by atoms with Gasteiger partial charge in [0.1, 0.15) is 0 Å². The Balaban J connectivity index is 3.37. The van der Waals surface area contributed by atoms with E-state index in [1.165, 1.54) is 38.6 Å². The molecule has 0 spiro atoms. The molecule has 0 atom stereocenters. The molecule has 0 rings (SSSR count). The van der Waals surface area contributed by atoms with E-state index in [-0.39, 0.29) is 17.4 Å². The van der Waals surface area contributed by atoms with Gasteiger partial charge in [0.15, 0.2) is 0 Å². The first-order valence-corrected chi connectivity index (χ1v) is 12.0. The molecule has 2 heteroatoms. The second-order valence-corrected chi connectivity index (χ2v) is 10.4. The first-order valence-electron chi connectivity index (χ1n) is 7.85. The van der Waals surface area contributed by atoms with Crippen molar-refractivity contribution in [2.75, 3.05) is 6.54 Å². The van der Waals surface area contributed by atoms with Crippen molar-refractivity contribution in [2.45, 2.75) is 88.8 Å². The monoisotopic (exact) mass is 297 g/mol. The van der Waals surface area contributed by atoms with E-state index in [0.29, 0.717) is 12.1 Å². The summed E-state index contributed by atoms with van der Waals surface area (Å²) >= 11 is -0.117. The summed E-state index contributed by atoms with van der Waals surface area (Å²) in [5.41, 5.74) is 0. The maximum absolute atomic E-state index is 2.63. The Morgan fingerprint density at radius 1 is 0.824 bits per heavy atom. The molecule has 0 aromatic rings. The molecule has 0 saturated carbocycles. The second-order valence-electron chi connectivity index (χ2n) is 5.90. The van der Waals surface area contributed by atoms with Crippen molar-refractivity contribution in [1.82, 2.24) is 4.90 Å². The summed E-state index contributed by atoms with van der Waals surface area (Å²) in [5, 5.41) is 0. The molecule has 0 aliphatic rings. The van der Waals surface area contributed by atoms with E-state index < -0.39 is 0 Å². The maximum atomic E-state index is 2.63. The zero-order valence-electron chi connectivity index (χ0n) is 13.0. The van der Waals surface area contributed by atoms with E-state index in [1.54, 1.807) is 9.95 Å². The second kappa shape index (κ2) is 11.7. The Kier molecular flexibility index (Phi) is 12.1. The minimum atomic E-state index is -0.117. The number of nitrogens with zero attached hydrogens (tertiary/aromatic N) is 1. The quantitative estimate of drug-likeness (QED) is 0.405. The predicted molar refractivity (Wildman–Crippen MR) is 82.5 cm³/mol. The number of unbranched alkanes of at least 4 members (excludes halogenated alkanes) is 3. The van der Waals surface area contributed by atoms with Crippen molar-refractivity contribution in [3.8, 4) is 0 Å². The molecule has 17 heavy (non-hydrogen) atoms. The molecule has 0 radical (unpaired) electrons. The van der Waals surface area contributed by atoms with Crippen LogP contribution in [-0.2, 0) is 0 Å². The van der Waals surface area contributed by atoms with Gasteiger partial charge in [-0.2, -0.15) is 0 Å². The number of rotatable bonds is 11.